The van der Waals surface area contributed by atoms with E-state index >= 15 is 0 Å². The summed E-state index contributed by atoms with van der Waals surface area (Å²) in [7, 11) is 0. The van der Waals surface area contributed by atoms with E-state index in [1.54, 1.807) is 12.4 Å². The zero-order valence-electron chi connectivity index (χ0n) is 10.3. The Hall–Kier alpha value is -1.13. The standard InChI is InChI=1S/C13H19NO3/c1-3-16-11-5-10(8-14-9-11)13(15)6-12(7-13)17-4-2/h5,8-9,12,15H,3-4,6-7H2,1-2H3. The molecule has 4 heteroatoms. The second-order valence-electron chi connectivity index (χ2n) is 4.36. The van der Waals surface area contributed by atoms with E-state index in [0.717, 1.165) is 5.56 Å². The quantitative estimate of drug-likeness (QED) is 0.849. The fraction of sp³-hybridized carbons (Fsp3) is 0.615. The number of rotatable bonds is 5. The van der Waals surface area contributed by atoms with Gasteiger partial charge in [0.15, 0.2) is 0 Å². The molecule has 0 bridgehead atoms. The van der Waals surface area contributed by atoms with Gasteiger partial charge in [-0.25, -0.2) is 0 Å². The van der Waals surface area contributed by atoms with Crippen LogP contribution in [0, 0.1) is 0 Å². The molecule has 0 atom stereocenters. The van der Waals surface area contributed by atoms with Gasteiger partial charge < -0.3 is 14.6 Å². The Labute approximate surface area is 102 Å². The lowest BCUT2D eigenvalue weighted by Gasteiger charge is -2.43. The molecule has 1 saturated carbocycles. The molecule has 0 amide bonds. The number of hydrogen-bond donors (Lipinski definition) is 1. The van der Waals surface area contributed by atoms with E-state index in [1.165, 1.54) is 0 Å². The van der Waals surface area contributed by atoms with Crippen molar-refractivity contribution in [3.8, 4) is 5.75 Å². The highest BCUT2D eigenvalue weighted by atomic mass is 16.5. The molecule has 94 valence electrons. The van der Waals surface area contributed by atoms with Gasteiger partial charge in [-0.3, -0.25) is 4.98 Å². The molecule has 1 aliphatic rings. The average molecular weight is 237 g/mol. The summed E-state index contributed by atoms with van der Waals surface area (Å²) in [6.45, 7) is 5.19. The molecule has 4 nitrogen and oxygen atoms in total. The van der Waals surface area contributed by atoms with Crippen LogP contribution in [0.1, 0.15) is 32.3 Å². The zero-order chi connectivity index (χ0) is 12.3. The minimum atomic E-state index is -0.792. The lowest BCUT2D eigenvalue weighted by atomic mass is 9.73. The first-order valence-electron chi connectivity index (χ1n) is 6.10. The van der Waals surface area contributed by atoms with E-state index in [1.807, 2.05) is 19.9 Å². The van der Waals surface area contributed by atoms with Gasteiger partial charge in [0.1, 0.15) is 5.75 Å². The van der Waals surface area contributed by atoms with Crippen LogP contribution in [0.2, 0.25) is 0 Å². The molecule has 0 saturated heterocycles. The summed E-state index contributed by atoms with van der Waals surface area (Å²) in [5, 5.41) is 10.4. The minimum absolute atomic E-state index is 0.167. The van der Waals surface area contributed by atoms with Gasteiger partial charge in [-0.1, -0.05) is 0 Å². The maximum atomic E-state index is 10.4. The van der Waals surface area contributed by atoms with Crippen LogP contribution >= 0.6 is 0 Å². The highest BCUT2D eigenvalue weighted by molar-refractivity contribution is 5.30. The van der Waals surface area contributed by atoms with E-state index in [4.69, 9.17) is 9.47 Å². The van der Waals surface area contributed by atoms with Crippen molar-refractivity contribution in [3.05, 3.63) is 24.0 Å². The summed E-state index contributed by atoms with van der Waals surface area (Å²) in [4.78, 5) is 4.10. The normalized spacial score (nSPS) is 27.6. The fourth-order valence-corrected chi connectivity index (χ4v) is 2.20. The van der Waals surface area contributed by atoms with Gasteiger partial charge in [0.05, 0.1) is 24.5 Å². The molecule has 1 aromatic heterocycles. The minimum Gasteiger partial charge on any atom is -0.492 e. The molecular formula is C13H19NO3. The number of nitrogens with zero attached hydrogens (tertiary/aromatic N) is 1. The Balaban J connectivity index is 2.05. The van der Waals surface area contributed by atoms with Gasteiger partial charge in [0.2, 0.25) is 0 Å². The predicted octanol–water partition coefficient (Wildman–Crippen LogP) is 1.87. The van der Waals surface area contributed by atoms with Crippen molar-refractivity contribution in [2.45, 2.75) is 38.4 Å². The molecular weight excluding hydrogens is 218 g/mol. The molecule has 17 heavy (non-hydrogen) atoms. The van der Waals surface area contributed by atoms with Gasteiger partial charge in [-0.05, 0) is 19.9 Å². The van der Waals surface area contributed by atoms with E-state index in [-0.39, 0.29) is 6.10 Å². The molecule has 0 unspecified atom stereocenters. The van der Waals surface area contributed by atoms with E-state index in [2.05, 4.69) is 4.98 Å². The van der Waals surface area contributed by atoms with E-state index < -0.39 is 5.60 Å². The van der Waals surface area contributed by atoms with Crippen molar-refractivity contribution in [2.24, 2.45) is 0 Å². The summed E-state index contributed by atoms with van der Waals surface area (Å²) < 4.78 is 10.8. The van der Waals surface area contributed by atoms with Crippen LogP contribution in [0.4, 0.5) is 0 Å². The smallest absolute Gasteiger partial charge is 0.137 e. The lowest BCUT2D eigenvalue weighted by molar-refractivity contribution is -0.142. The first-order valence-corrected chi connectivity index (χ1v) is 6.10. The van der Waals surface area contributed by atoms with Crippen LogP contribution in [-0.2, 0) is 10.3 Å². The number of pyridine rings is 1. The second kappa shape index (κ2) is 5.02. The third kappa shape index (κ3) is 2.58. The van der Waals surface area contributed by atoms with E-state index in [9.17, 15) is 5.11 Å². The van der Waals surface area contributed by atoms with Gasteiger partial charge in [0.25, 0.3) is 0 Å². The molecule has 0 aromatic carbocycles. The van der Waals surface area contributed by atoms with Crippen molar-refractivity contribution < 1.29 is 14.6 Å². The first-order chi connectivity index (χ1) is 8.18. The maximum Gasteiger partial charge on any atom is 0.137 e. The van der Waals surface area contributed by atoms with Gasteiger partial charge in [0, 0.05) is 31.2 Å². The highest BCUT2D eigenvalue weighted by Crippen LogP contribution is 2.43. The van der Waals surface area contributed by atoms with Crippen LogP contribution in [-0.4, -0.2) is 29.4 Å². The summed E-state index contributed by atoms with van der Waals surface area (Å²) in [6, 6.07) is 1.86. The number of ether oxygens (including phenoxy) is 2. The van der Waals surface area contributed by atoms with Gasteiger partial charge in [-0.2, -0.15) is 0 Å². The monoisotopic (exact) mass is 237 g/mol. The molecule has 0 spiro atoms. The summed E-state index contributed by atoms with van der Waals surface area (Å²) in [6.07, 6.45) is 4.80. The molecule has 1 aromatic rings. The molecule has 1 aliphatic carbocycles. The Morgan fingerprint density at radius 3 is 2.76 bits per heavy atom. The van der Waals surface area contributed by atoms with Crippen LogP contribution in [0.15, 0.2) is 18.5 Å². The number of hydrogen-bond acceptors (Lipinski definition) is 4. The number of aliphatic hydroxyl groups is 1. The zero-order valence-corrected chi connectivity index (χ0v) is 10.3. The first kappa shape index (κ1) is 12.3. The predicted molar refractivity (Wildman–Crippen MR) is 64.0 cm³/mol. The van der Waals surface area contributed by atoms with Crippen LogP contribution in [0.25, 0.3) is 0 Å². The van der Waals surface area contributed by atoms with Crippen LogP contribution in [0.5, 0.6) is 5.75 Å². The summed E-state index contributed by atoms with van der Waals surface area (Å²) in [5.41, 5.74) is 0.0272. The maximum absolute atomic E-state index is 10.4. The molecule has 1 fully saturated rings. The van der Waals surface area contributed by atoms with Gasteiger partial charge in [-0.15, -0.1) is 0 Å². The molecule has 1 N–H and O–H groups in total. The largest absolute Gasteiger partial charge is 0.492 e. The van der Waals surface area contributed by atoms with Crippen LogP contribution < -0.4 is 4.74 Å². The average Bonchev–Trinajstić information content (AvgIpc) is 2.28. The van der Waals surface area contributed by atoms with E-state index in [0.29, 0.717) is 31.8 Å². The van der Waals surface area contributed by atoms with Crippen molar-refractivity contribution in [1.82, 2.24) is 4.98 Å². The summed E-state index contributed by atoms with van der Waals surface area (Å²) in [5.74, 6) is 0.707. The lowest BCUT2D eigenvalue weighted by Crippen LogP contribution is -2.45. The Kier molecular flexibility index (Phi) is 3.64. The Morgan fingerprint density at radius 2 is 2.12 bits per heavy atom. The molecule has 0 radical (unpaired) electrons. The number of aromatic nitrogens is 1. The SMILES string of the molecule is CCOc1cncc(C2(O)CC(OCC)C2)c1. The third-order valence-electron chi connectivity index (χ3n) is 3.09. The van der Waals surface area contributed by atoms with Crippen molar-refractivity contribution in [3.63, 3.8) is 0 Å². The van der Waals surface area contributed by atoms with Crippen LogP contribution in [0.3, 0.4) is 0 Å². The van der Waals surface area contributed by atoms with Crippen molar-refractivity contribution in [2.75, 3.05) is 13.2 Å². The fourth-order valence-electron chi connectivity index (χ4n) is 2.20. The van der Waals surface area contributed by atoms with Gasteiger partial charge >= 0.3 is 0 Å². The van der Waals surface area contributed by atoms with Crippen molar-refractivity contribution in [1.29, 1.82) is 0 Å². The second-order valence-corrected chi connectivity index (χ2v) is 4.36. The molecule has 2 rings (SSSR count). The highest BCUT2D eigenvalue weighted by Gasteiger charge is 2.44. The Bertz CT molecular complexity index is 375. The summed E-state index contributed by atoms with van der Waals surface area (Å²) >= 11 is 0. The topological polar surface area (TPSA) is 51.6 Å². The molecule has 0 aliphatic heterocycles. The third-order valence-corrected chi connectivity index (χ3v) is 3.09. The molecule has 1 heterocycles. The van der Waals surface area contributed by atoms with Crippen molar-refractivity contribution >= 4 is 0 Å². The Morgan fingerprint density at radius 1 is 1.35 bits per heavy atom.